The van der Waals surface area contributed by atoms with Gasteiger partial charge in [-0.1, -0.05) is 19.1 Å². The summed E-state index contributed by atoms with van der Waals surface area (Å²) in [6, 6.07) is 5.37. The van der Waals surface area contributed by atoms with Gasteiger partial charge in [-0.2, -0.15) is 0 Å². The molecule has 0 heterocycles. The monoisotopic (exact) mass is 276 g/mol. The minimum absolute atomic E-state index is 0.0197. The Balaban J connectivity index is 2.81. The zero-order valence-electron chi connectivity index (χ0n) is 10.3. The number of alkyl halides is 3. The lowest BCUT2D eigenvalue weighted by Crippen LogP contribution is -2.24. The lowest BCUT2D eigenvalue weighted by molar-refractivity contribution is -0.274. The predicted octanol–water partition coefficient (Wildman–Crippen LogP) is 2.51. The van der Waals surface area contributed by atoms with Gasteiger partial charge in [-0.15, -0.1) is 13.2 Å². The van der Waals surface area contributed by atoms with Crippen molar-refractivity contribution in [2.45, 2.75) is 19.7 Å². The number of hydrogen-bond donors (Lipinski definition) is 2. The molecule has 1 atom stereocenters. The maximum Gasteiger partial charge on any atom is 0.573 e. The van der Waals surface area contributed by atoms with Gasteiger partial charge in [0.05, 0.1) is 5.69 Å². The van der Waals surface area contributed by atoms with Gasteiger partial charge in [-0.25, -0.2) is 0 Å². The summed E-state index contributed by atoms with van der Waals surface area (Å²) in [5.74, 6) is -1.23. The fraction of sp³-hybridized carbons (Fsp3) is 0.417. The molecule has 4 nitrogen and oxygen atoms in total. The molecule has 1 rings (SSSR count). The number of amides is 1. The van der Waals surface area contributed by atoms with Crippen LogP contribution in [0.2, 0.25) is 0 Å². The number of rotatable bonds is 5. The fourth-order valence-corrected chi connectivity index (χ4v) is 1.42. The van der Waals surface area contributed by atoms with E-state index in [4.69, 9.17) is 5.73 Å². The van der Waals surface area contributed by atoms with E-state index in [1.165, 1.54) is 18.2 Å². The maximum absolute atomic E-state index is 12.2. The summed E-state index contributed by atoms with van der Waals surface area (Å²) >= 11 is 0. The second kappa shape index (κ2) is 6.42. The van der Waals surface area contributed by atoms with Gasteiger partial charge in [0.2, 0.25) is 5.91 Å². The number of carbonyl (C=O) groups is 1. The molecule has 1 aromatic rings. The van der Waals surface area contributed by atoms with Crippen LogP contribution in [0.5, 0.6) is 5.75 Å². The van der Waals surface area contributed by atoms with Gasteiger partial charge < -0.3 is 15.8 Å². The second-order valence-electron chi connectivity index (χ2n) is 4.01. The molecule has 0 aromatic heterocycles. The summed E-state index contributed by atoms with van der Waals surface area (Å²) in [5.41, 5.74) is 5.30. The Hall–Kier alpha value is -1.76. The SMILES string of the molecule is CC(CCN)C(=O)Nc1ccccc1OC(F)(F)F. The molecule has 0 radical (unpaired) electrons. The molecule has 0 fully saturated rings. The number of carbonyl (C=O) groups excluding carboxylic acids is 1. The summed E-state index contributed by atoms with van der Waals surface area (Å²) in [5, 5.41) is 2.40. The third-order valence-electron chi connectivity index (χ3n) is 2.42. The first-order valence-electron chi connectivity index (χ1n) is 5.69. The van der Waals surface area contributed by atoms with Crippen molar-refractivity contribution in [1.82, 2.24) is 0 Å². The number of nitrogens with two attached hydrogens (primary N) is 1. The maximum atomic E-state index is 12.2. The van der Waals surface area contributed by atoms with E-state index in [9.17, 15) is 18.0 Å². The molecule has 0 aliphatic carbocycles. The quantitative estimate of drug-likeness (QED) is 0.868. The van der Waals surface area contributed by atoms with Gasteiger partial charge in [0.1, 0.15) is 0 Å². The first-order valence-corrected chi connectivity index (χ1v) is 5.69. The van der Waals surface area contributed by atoms with Crippen LogP contribution in [-0.4, -0.2) is 18.8 Å². The largest absolute Gasteiger partial charge is 0.573 e. The Bertz CT molecular complexity index is 435. The average Bonchev–Trinajstić information content (AvgIpc) is 2.30. The molecule has 0 spiro atoms. The Morgan fingerprint density at radius 3 is 2.63 bits per heavy atom. The third-order valence-corrected chi connectivity index (χ3v) is 2.42. The predicted molar refractivity (Wildman–Crippen MR) is 64.6 cm³/mol. The van der Waals surface area contributed by atoms with E-state index >= 15 is 0 Å². The summed E-state index contributed by atoms with van der Waals surface area (Å²) < 4.78 is 40.4. The third kappa shape index (κ3) is 5.17. The van der Waals surface area contributed by atoms with Crippen molar-refractivity contribution in [2.24, 2.45) is 11.7 Å². The van der Waals surface area contributed by atoms with Gasteiger partial charge in [-0.05, 0) is 25.1 Å². The molecule has 1 amide bonds. The molecule has 0 aliphatic rings. The van der Waals surface area contributed by atoms with Gasteiger partial charge in [0, 0.05) is 5.92 Å². The lowest BCUT2D eigenvalue weighted by atomic mass is 10.1. The molecular formula is C12H15F3N2O2. The highest BCUT2D eigenvalue weighted by atomic mass is 19.4. The van der Waals surface area contributed by atoms with E-state index < -0.39 is 18.0 Å². The van der Waals surface area contributed by atoms with Crippen molar-refractivity contribution < 1.29 is 22.7 Å². The van der Waals surface area contributed by atoms with Crippen molar-refractivity contribution in [3.8, 4) is 5.75 Å². The number of hydrogen-bond acceptors (Lipinski definition) is 3. The number of para-hydroxylation sites is 2. The Morgan fingerprint density at radius 1 is 1.42 bits per heavy atom. The standard InChI is InChI=1S/C12H15F3N2O2/c1-8(6-7-16)11(18)17-9-4-2-3-5-10(9)19-12(13,14)15/h2-5,8H,6-7,16H2,1H3,(H,17,18). The minimum Gasteiger partial charge on any atom is -0.404 e. The molecule has 0 aliphatic heterocycles. The van der Waals surface area contributed by atoms with E-state index in [1.54, 1.807) is 6.92 Å². The normalized spacial score (nSPS) is 12.9. The smallest absolute Gasteiger partial charge is 0.404 e. The molecule has 1 unspecified atom stereocenters. The number of ether oxygens (including phenoxy) is 1. The molecule has 0 saturated heterocycles. The summed E-state index contributed by atoms with van der Waals surface area (Å²) in [6.07, 6.45) is -4.35. The summed E-state index contributed by atoms with van der Waals surface area (Å²) in [6.45, 7) is 1.98. The van der Waals surface area contributed by atoms with Crippen LogP contribution in [0.1, 0.15) is 13.3 Å². The molecular weight excluding hydrogens is 261 g/mol. The Labute approximate surface area is 108 Å². The summed E-state index contributed by atoms with van der Waals surface area (Å²) in [7, 11) is 0. The molecule has 0 bridgehead atoms. The first-order chi connectivity index (χ1) is 8.83. The van der Waals surface area contributed by atoms with E-state index in [0.717, 1.165) is 6.07 Å². The summed E-state index contributed by atoms with van der Waals surface area (Å²) in [4.78, 5) is 11.7. The highest BCUT2D eigenvalue weighted by molar-refractivity contribution is 5.93. The van der Waals surface area contributed by atoms with Crippen molar-refractivity contribution in [3.05, 3.63) is 24.3 Å². The van der Waals surface area contributed by atoms with Gasteiger partial charge >= 0.3 is 6.36 Å². The number of halogens is 3. The molecule has 7 heteroatoms. The van der Waals surface area contributed by atoms with Crippen LogP contribution in [0.15, 0.2) is 24.3 Å². The van der Waals surface area contributed by atoms with Crippen molar-refractivity contribution in [2.75, 3.05) is 11.9 Å². The van der Waals surface area contributed by atoms with Crippen LogP contribution in [0, 0.1) is 5.92 Å². The highest BCUT2D eigenvalue weighted by Crippen LogP contribution is 2.30. The van der Waals surface area contributed by atoms with Gasteiger partial charge in [-0.3, -0.25) is 4.79 Å². The lowest BCUT2D eigenvalue weighted by Gasteiger charge is -2.15. The van der Waals surface area contributed by atoms with E-state index in [1.807, 2.05) is 0 Å². The second-order valence-corrected chi connectivity index (χ2v) is 4.01. The molecule has 0 saturated carbocycles. The first kappa shape index (κ1) is 15.3. The van der Waals surface area contributed by atoms with Crippen LogP contribution in [0.4, 0.5) is 18.9 Å². The number of benzene rings is 1. The Morgan fingerprint density at radius 2 is 2.05 bits per heavy atom. The van der Waals surface area contributed by atoms with E-state index in [0.29, 0.717) is 13.0 Å². The number of anilines is 1. The van der Waals surface area contributed by atoms with E-state index in [-0.39, 0.29) is 11.6 Å². The molecule has 19 heavy (non-hydrogen) atoms. The van der Waals surface area contributed by atoms with Crippen LogP contribution in [0.3, 0.4) is 0 Å². The van der Waals surface area contributed by atoms with Crippen molar-refractivity contribution in [1.29, 1.82) is 0 Å². The van der Waals surface area contributed by atoms with E-state index in [2.05, 4.69) is 10.1 Å². The van der Waals surface area contributed by atoms with Crippen molar-refractivity contribution in [3.63, 3.8) is 0 Å². The fourth-order valence-electron chi connectivity index (χ4n) is 1.42. The van der Waals surface area contributed by atoms with Gasteiger partial charge in [0.25, 0.3) is 0 Å². The zero-order chi connectivity index (χ0) is 14.5. The number of nitrogens with one attached hydrogen (secondary N) is 1. The highest BCUT2D eigenvalue weighted by Gasteiger charge is 2.32. The Kier molecular flexibility index (Phi) is 5.17. The molecule has 3 N–H and O–H groups in total. The van der Waals surface area contributed by atoms with Crippen molar-refractivity contribution >= 4 is 11.6 Å². The van der Waals surface area contributed by atoms with Crippen LogP contribution in [-0.2, 0) is 4.79 Å². The van der Waals surface area contributed by atoms with Gasteiger partial charge in [0.15, 0.2) is 5.75 Å². The topological polar surface area (TPSA) is 64.4 Å². The van der Waals surface area contributed by atoms with Crippen LogP contribution < -0.4 is 15.8 Å². The zero-order valence-corrected chi connectivity index (χ0v) is 10.3. The molecule has 106 valence electrons. The molecule has 1 aromatic carbocycles. The average molecular weight is 276 g/mol. The van der Waals surface area contributed by atoms with Crippen LogP contribution in [0.25, 0.3) is 0 Å². The minimum atomic E-state index is -4.80. The van der Waals surface area contributed by atoms with Crippen LogP contribution >= 0.6 is 0 Å².